The van der Waals surface area contributed by atoms with Crippen LogP contribution in [0.1, 0.15) is 17.2 Å². The van der Waals surface area contributed by atoms with E-state index >= 15 is 0 Å². The molecule has 5 aromatic carbocycles. The molecule has 0 amide bonds. The molecular weight excluding hydrogens is 557 g/mol. The maximum Gasteiger partial charge on any atom is 0.145 e. The Morgan fingerprint density at radius 1 is 0.636 bits per heavy atom. The van der Waals surface area contributed by atoms with Crippen LogP contribution in [-0.4, -0.2) is 14.4 Å². The van der Waals surface area contributed by atoms with Gasteiger partial charge in [-0.15, -0.1) is 11.3 Å². The number of aromatic nitrogens is 3. The molecule has 0 fully saturated rings. The Labute approximate surface area is 259 Å². The summed E-state index contributed by atoms with van der Waals surface area (Å²) in [5.41, 5.74) is 13.5. The molecule has 5 heteroatoms. The van der Waals surface area contributed by atoms with Crippen LogP contribution in [0.3, 0.4) is 0 Å². The van der Waals surface area contributed by atoms with E-state index in [0.29, 0.717) is 0 Å². The second kappa shape index (κ2) is 10.0. The van der Waals surface area contributed by atoms with Crippen molar-refractivity contribution in [3.63, 3.8) is 0 Å². The standard InChI is InChI=1S/C39H26N4S/c1-2-9-26(10-3-1)34-24-43-22-21-31-36(38(43)41-34)30-13-4-5-14-32(30)40-37(31)29-12-8-11-28(23-29)25-17-19-27(20-18-25)39-42-33-15-6-7-16-35(33)44-39/h1-24,37,40H. The molecule has 0 bridgehead atoms. The number of benzene rings is 5. The van der Waals surface area contributed by atoms with Crippen molar-refractivity contribution in [3.8, 4) is 44.1 Å². The van der Waals surface area contributed by atoms with E-state index in [0.717, 1.165) is 38.7 Å². The third-order valence-electron chi connectivity index (χ3n) is 8.52. The van der Waals surface area contributed by atoms with E-state index in [1.54, 1.807) is 11.3 Å². The number of hydrogen-bond acceptors (Lipinski definition) is 4. The number of pyridine rings is 1. The molecule has 0 spiro atoms. The van der Waals surface area contributed by atoms with Crippen LogP contribution in [0.5, 0.6) is 0 Å². The van der Waals surface area contributed by atoms with E-state index in [2.05, 4.69) is 143 Å². The van der Waals surface area contributed by atoms with Gasteiger partial charge in [0, 0.05) is 40.3 Å². The molecule has 4 nitrogen and oxygen atoms in total. The van der Waals surface area contributed by atoms with Crippen LogP contribution in [0.15, 0.2) is 146 Å². The van der Waals surface area contributed by atoms with Crippen molar-refractivity contribution in [3.05, 3.63) is 157 Å². The van der Waals surface area contributed by atoms with E-state index in [-0.39, 0.29) is 6.04 Å². The number of thiazole rings is 1. The first-order valence-electron chi connectivity index (χ1n) is 14.8. The lowest BCUT2D eigenvalue weighted by atomic mass is 9.86. The predicted octanol–water partition coefficient (Wildman–Crippen LogP) is 10.1. The van der Waals surface area contributed by atoms with Gasteiger partial charge in [-0.05, 0) is 52.6 Å². The Morgan fingerprint density at radius 3 is 2.30 bits per heavy atom. The molecule has 208 valence electrons. The maximum absolute atomic E-state index is 5.17. The number of hydrogen-bond donors (Lipinski definition) is 1. The number of fused-ring (bicyclic) bond motifs is 6. The van der Waals surface area contributed by atoms with Crippen LogP contribution in [0.2, 0.25) is 0 Å². The zero-order chi connectivity index (χ0) is 29.0. The van der Waals surface area contributed by atoms with Crippen molar-refractivity contribution in [2.45, 2.75) is 6.04 Å². The van der Waals surface area contributed by atoms with Crippen molar-refractivity contribution >= 4 is 32.9 Å². The molecule has 4 heterocycles. The lowest BCUT2D eigenvalue weighted by Crippen LogP contribution is -2.19. The Balaban J connectivity index is 1.11. The summed E-state index contributed by atoms with van der Waals surface area (Å²) in [6, 6.07) is 47.2. The molecule has 3 aromatic heterocycles. The Kier molecular flexibility index (Phi) is 5.71. The minimum Gasteiger partial charge on any atom is -0.374 e. The van der Waals surface area contributed by atoms with Crippen molar-refractivity contribution in [1.29, 1.82) is 0 Å². The normalized spacial score (nSPS) is 13.9. The van der Waals surface area contributed by atoms with E-state index in [9.17, 15) is 0 Å². The molecule has 1 unspecified atom stereocenters. The zero-order valence-electron chi connectivity index (χ0n) is 23.7. The highest BCUT2D eigenvalue weighted by Crippen LogP contribution is 2.45. The number of nitrogens with zero attached hydrogens (tertiary/aromatic N) is 3. The third-order valence-corrected chi connectivity index (χ3v) is 9.60. The number of anilines is 1. The highest BCUT2D eigenvalue weighted by molar-refractivity contribution is 7.21. The quantitative estimate of drug-likeness (QED) is 0.224. The molecule has 0 radical (unpaired) electrons. The number of imidazole rings is 1. The molecule has 0 saturated heterocycles. The predicted molar refractivity (Wildman–Crippen MR) is 182 cm³/mol. The second-order valence-corrected chi connectivity index (χ2v) is 12.2. The van der Waals surface area contributed by atoms with Gasteiger partial charge < -0.3 is 9.72 Å². The summed E-state index contributed by atoms with van der Waals surface area (Å²) >= 11 is 1.74. The molecule has 0 aliphatic carbocycles. The van der Waals surface area contributed by atoms with E-state index < -0.39 is 0 Å². The van der Waals surface area contributed by atoms with Gasteiger partial charge in [-0.1, -0.05) is 103 Å². The summed E-state index contributed by atoms with van der Waals surface area (Å²) in [7, 11) is 0. The molecule has 0 saturated carbocycles. The van der Waals surface area contributed by atoms with Gasteiger partial charge in [0.1, 0.15) is 10.7 Å². The average molecular weight is 583 g/mol. The van der Waals surface area contributed by atoms with Gasteiger partial charge in [0.15, 0.2) is 0 Å². The van der Waals surface area contributed by atoms with Crippen LogP contribution < -0.4 is 5.32 Å². The van der Waals surface area contributed by atoms with Gasteiger partial charge in [-0.25, -0.2) is 9.97 Å². The van der Waals surface area contributed by atoms with Gasteiger partial charge in [0.05, 0.1) is 22.0 Å². The molecule has 1 aliphatic rings. The molecule has 9 rings (SSSR count). The fraction of sp³-hybridized carbons (Fsp3) is 0.0256. The average Bonchev–Trinajstić information content (AvgIpc) is 3.73. The Hall–Kier alpha value is -5.52. The minimum atomic E-state index is -0.0104. The largest absolute Gasteiger partial charge is 0.374 e. The van der Waals surface area contributed by atoms with Gasteiger partial charge in [0.2, 0.25) is 0 Å². The summed E-state index contributed by atoms with van der Waals surface area (Å²) in [5.74, 6) is 0. The van der Waals surface area contributed by atoms with Gasteiger partial charge in [-0.2, -0.15) is 0 Å². The minimum absolute atomic E-state index is 0.0104. The molecule has 1 atom stereocenters. The molecular formula is C39H26N4S. The summed E-state index contributed by atoms with van der Waals surface area (Å²) in [4.78, 5) is 10.0. The fourth-order valence-electron chi connectivity index (χ4n) is 6.35. The smallest absolute Gasteiger partial charge is 0.145 e. The fourth-order valence-corrected chi connectivity index (χ4v) is 7.32. The van der Waals surface area contributed by atoms with Crippen LogP contribution in [0.4, 0.5) is 5.69 Å². The van der Waals surface area contributed by atoms with Crippen molar-refractivity contribution in [2.75, 3.05) is 5.32 Å². The Bertz CT molecular complexity index is 2280. The second-order valence-electron chi connectivity index (χ2n) is 11.2. The van der Waals surface area contributed by atoms with Gasteiger partial charge >= 0.3 is 0 Å². The topological polar surface area (TPSA) is 42.2 Å². The Morgan fingerprint density at radius 2 is 1.41 bits per heavy atom. The molecule has 1 N–H and O–H groups in total. The summed E-state index contributed by atoms with van der Waals surface area (Å²) in [6.45, 7) is 0. The van der Waals surface area contributed by atoms with Crippen molar-refractivity contribution in [2.24, 2.45) is 0 Å². The molecule has 44 heavy (non-hydrogen) atoms. The molecule has 8 aromatic rings. The first-order valence-corrected chi connectivity index (χ1v) is 15.6. The number of nitrogens with one attached hydrogen (secondary N) is 1. The zero-order valence-corrected chi connectivity index (χ0v) is 24.5. The summed E-state index contributed by atoms with van der Waals surface area (Å²) in [6.07, 6.45) is 4.27. The number of rotatable bonds is 4. The van der Waals surface area contributed by atoms with Crippen LogP contribution in [0, 0.1) is 0 Å². The van der Waals surface area contributed by atoms with E-state index in [1.807, 2.05) is 12.1 Å². The highest BCUT2D eigenvalue weighted by Gasteiger charge is 2.28. The van der Waals surface area contributed by atoms with Crippen molar-refractivity contribution < 1.29 is 0 Å². The molecule has 1 aliphatic heterocycles. The van der Waals surface area contributed by atoms with Crippen LogP contribution in [-0.2, 0) is 0 Å². The van der Waals surface area contributed by atoms with E-state index in [1.165, 1.54) is 38.1 Å². The SMILES string of the molecule is c1ccc(-c2cn3ccc4c(c3n2)-c2ccccc2NC4c2cccc(-c3ccc(-c4nc5ccccc5s4)cc3)c2)cc1. The van der Waals surface area contributed by atoms with Gasteiger partial charge in [0.25, 0.3) is 0 Å². The first kappa shape index (κ1) is 25.0. The maximum atomic E-state index is 5.17. The lowest BCUT2D eigenvalue weighted by molar-refractivity contribution is 0.923. The summed E-state index contributed by atoms with van der Waals surface area (Å²) in [5, 5.41) is 4.90. The van der Waals surface area contributed by atoms with Crippen LogP contribution in [0.25, 0.3) is 59.9 Å². The van der Waals surface area contributed by atoms with Gasteiger partial charge in [-0.3, -0.25) is 0 Å². The van der Waals surface area contributed by atoms with Crippen LogP contribution >= 0.6 is 11.3 Å². The third kappa shape index (κ3) is 4.13. The first-order chi connectivity index (χ1) is 21.8. The van der Waals surface area contributed by atoms with Crippen molar-refractivity contribution in [1.82, 2.24) is 14.4 Å². The van der Waals surface area contributed by atoms with E-state index in [4.69, 9.17) is 9.97 Å². The summed E-state index contributed by atoms with van der Waals surface area (Å²) < 4.78 is 3.37. The number of para-hydroxylation sites is 2. The lowest BCUT2D eigenvalue weighted by Gasteiger charge is -2.30. The monoisotopic (exact) mass is 582 g/mol. The highest BCUT2D eigenvalue weighted by atomic mass is 32.1.